The highest BCUT2D eigenvalue weighted by molar-refractivity contribution is 5.60. The molecule has 1 aliphatic heterocycles. The smallest absolute Gasteiger partial charge is 0.225 e. The van der Waals surface area contributed by atoms with Crippen molar-refractivity contribution in [3.8, 4) is 17.1 Å². The number of hydrogen-bond acceptors (Lipinski definition) is 7. The Hall–Kier alpha value is -2.71. The van der Waals surface area contributed by atoms with Gasteiger partial charge >= 0.3 is 0 Å². The van der Waals surface area contributed by atoms with E-state index in [9.17, 15) is 0 Å². The molecule has 0 N–H and O–H groups in total. The zero-order chi connectivity index (χ0) is 20.4. The Morgan fingerprint density at radius 1 is 1.14 bits per heavy atom. The summed E-state index contributed by atoms with van der Waals surface area (Å²) >= 11 is 0. The Bertz CT molecular complexity index is 965. The van der Waals surface area contributed by atoms with Crippen molar-refractivity contribution >= 4 is 0 Å². The van der Waals surface area contributed by atoms with Gasteiger partial charge in [0.15, 0.2) is 5.76 Å². The van der Waals surface area contributed by atoms with E-state index in [0.717, 1.165) is 41.0 Å². The molecule has 0 amide bonds. The van der Waals surface area contributed by atoms with E-state index in [1.807, 2.05) is 45.0 Å². The van der Waals surface area contributed by atoms with Gasteiger partial charge in [0.1, 0.15) is 11.5 Å². The van der Waals surface area contributed by atoms with Gasteiger partial charge in [-0.3, -0.25) is 0 Å². The Kier molecular flexibility index (Phi) is 5.38. The van der Waals surface area contributed by atoms with Gasteiger partial charge in [-0.2, -0.15) is 4.80 Å². The average Bonchev–Trinajstić information content (AvgIpc) is 3.42. The molecule has 0 spiro atoms. The molecule has 0 radical (unpaired) electrons. The van der Waals surface area contributed by atoms with Crippen LogP contribution in [0.2, 0.25) is 0 Å². The Labute approximate surface area is 169 Å². The van der Waals surface area contributed by atoms with Crippen LogP contribution < -0.4 is 4.74 Å². The van der Waals surface area contributed by atoms with E-state index in [-0.39, 0.29) is 0 Å². The zero-order valence-corrected chi connectivity index (χ0v) is 17.3. The minimum absolute atomic E-state index is 0.588. The summed E-state index contributed by atoms with van der Waals surface area (Å²) in [5, 5.41) is 12.2. The molecule has 0 bridgehead atoms. The molecule has 3 heterocycles. The molecule has 1 saturated heterocycles. The largest absolute Gasteiger partial charge is 0.493 e. The molecule has 29 heavy (non-hydrogen) atoms. The van der Waals surface area contributed by atoms with Crippen molar-refractivity contribution in [2.24, 2.45) is 7.05 Å². The van der Waals surface area contributed by atoms with Crippen LogP contribution in [0.3, 0.4) is 0 Å². The van der Waals surface area contributed by atoms with Crippen molar-refractivity contribution in [3.63, 3.8) is 0 Å². The van der Waals surface area contributed by atoms with Gasteiger partial charge in [0.25, 0.3) is 0 Å². The summed E-state index contributed by atoms with van der Waals surface area (Å²) in [4.78, 5) is 1.45. The Morgan fingerprint density at radius 2 is 1.86 bits per heavy atom. The topological polar surface area (TPSA) is 84.4 Å². The van der Waals surface area contributed by atoms with Gasteiger partial charge in [0.05, 0.1) is 26.9 Å². The monoisotopic (exact) mass is 398 g/mol. The van der Waals surface area contributed by atoms with Gasteiger partial charge in [-0.15, -0.1) is 10.2 Å². The second kappa shape index (κ2) is 7.96. The Balaban J connectivity index is 1.33. The fraction of sp³-hybridized carbons (Fsp3) is 0.476. The third kappa shape index (κ3) is 4.18. The number of aryl methyl sites for hydroxylation is 4. The number of hydrogen-bond donors (Lipinski definition) is 0. The van der Waals surface area contributed by atoms with Crippen LogP contribution in [0.5, 0.6) is 5.75 Å². The second-order valence-corrected chi connectivity index (χ2v) is 7.40. The number of ether oxygens (including phenoxy) is 3. The lowest BCUT2D eigenvalue weighted by Crippen LogP contribution is -2.21. The lowest BCUT2D eigenvalue weighted by atomic mass is 10.1. The highest BCUT2D eigenvalue weighted by Crippen LogP contribution is 2.32. The van der Waals surface area contributed by atoms with Gasteiger partial charge in [0, 0.05) is 12.0 Å². The molecule has 0 unspecified atom stereocenters. The third-order valence-corrected chi connectivity index (χ3v) is 4.99. The van der Waals surface area contributed by atoms with Crippen LogP contribution in [0, 0.1) is 13.8 Å². The van der Waals surface area contributed by atoms with Crippen LogP contribution in [0.4, 0.5) is 0 Å². The van der Waals surface area contributed by atoms with Crippen LogP contribution in [0.15, 0.2) is 28.7 Å². The normalized spacial score (nSPS) is 15.7. The SMILES string of the molecule is Cc1cc(-c2nnn(C)n2)cc(C)c1OCCCc1ccc(C2(C)OCCO2)o1. The lowest BCUT2D eigenvalue weighted by Gasteiger charge is -2.19. The van der Waals surface area contributed by atoms with E-state index in [1.54, 1.807) is 7.05 Å². The first kappa shape index (κ1) is 19.6. The van der Waals surface area contributed by atoms with E-state index in [2.05, 4.69) is 15.4 Å². The third-order valence-electron chi connectivity index (χ3n) is 4.99. The molecule has 1 fully saturated rings. The number of rotatable bonds is 7. The van der Waals surface area contributed by atoms with Gasteiger partial charge in [-0.25, -0.2) is 0 Å². The number of benzene rings is 1. The van der Waals surface area contributed by atoms with Gasteiger partial charge in [-0.1, -0.05) is 0 Å². The van der Waals surface area contributed by atoms with Crippen molar-refractivity contribution in [3.05, 3.63) is 46.9 Å². The molecule has 8 heteroatoms. The molecule has 154 valence electrons. The zero-order valence-electron chi connectivity index (χ0n) is 17.3. The first-order valence-corrected chi connectivity index (χ1v) is 9.80. The number of tetrazole rings is 1. The van der Waals surface area contributed by atoms with Crippen molar-refractivity contribution < 1.29 is 18.6 Å². The maximum Gasteiger partial charge on any atom is 0.225 e. The maximum atomic E-state index is 6.06. The maximum absolute atomic E-state index is 6.06. The second-order valence-electron chi connectivity index (χ2n) is 7.40. The van der Waals surface area contributed by atoms with Crippen LogP contribution in [-0.4, -0.2) is 40.0 Å². The summed E-state index contributed by atoms with van der Waals surface area (Å²) in [6, 6.07) is 7.96. The molecule has 0 atom stereocenters. The molecule has 2 aromatic heterocycles. The lowest BCUT2D eigenvalue weighted by molar-refractivity contribution is -0.163. The first-order chi connectivity index (χ1) is 13.9. The quantitative estimate of drug-likeness (QED) is 0.565. The predicted molar refractivity (Wildman–Crippen MR) is 105 cm³/mol. The molecular weight excluding hydrogens is 372 g/mol. The fourth-order valence-corrected chi connectivity index (χ4v) is 3.54. The van der Waals surface area contributed by atoms with Gasteiger partial charge in [-0.05, 0) is 67.8 Å². The predicted octanol–water partition coefficient (Wildman–Crippen LogP) is 3.32. The van der Waals surface area contributed by atoms with Crippen LogP contribution in [-0.2, 0) is 28.7 Å². The number of aromatic nitrogens is 4. The van der Waals surface area contributed by atoms with Crippen molar-refractivity contribution in [2.45, 2.75) is 39.4 Å². The van der Waals surface area contributed by atoms with E-state index in [0.29, 0.717) is 31.4 Å². The number of nitrogens with zero attached hydrogens (tertiary/aromatic N) is 4. The standard InChI is InChI=1S/C21H26N4O4/c1-14-12-16(20-22-24-25(4)23-20)13-15(2)19(14)26-9-5-6-17-7-8-18(29-17)21(3)27-10-11-28-21/h7-8,12-13H,5-6,9-11H2,1-4H3. The average molecular weight is 398 g/mol. The molecule has 1 aliphatic rings. The van der Waals surface area contributed by atoms with Gasteiger partial charge < -0.3 is 18.6 Å². The van der Waals surface area contributed by atoms with E-state index in [4.69, 9.17) is 18.6 Å². The molecule has 0 saturated carbocycles. The molecule has 4 rings (SSSR count). The summed E-state index contributed by atoms with van der Waals surface area (Å²) in [7, 11) is 1.75. The fourth-order valence-electron chi connectivity index (χ4n) is 3.54. The van der Waals surface area contributed by atoms with E-state index in [1.165, 1.54) is 4.80 Å². The van der Waals surface area contributed by atoms with Crippen LogP contribution >= 0.6 is 0 Å². The molecule has 8 nitrogen and oxygen atoms in total. The summed E-state index contributed by atoms with van der Waals surface area (Å²) in [6.45, 7) is 7.73. The first-order valence-electron chi connectivity index (χ1n) is 9.80. The summed E-state index contributed by atoms with van der Waals surface area (Å²) in [5.74, 6) is 2.37. The highest BCUT2D eigenvalue weighted by Gasteiger charge is 2.36. The molecule has 1 aromatic carbocycles. The van der Waals surface area contributed by atoms with E-state index < -0.39 is 5.79 Å². The summed E-state index contributed by atoms with van der Waals surface area (Å²) in [6.07, 6.45) is 1.63. The highest BCUT2D eigenvalue weighted by atomic mass is 16.7. The van der Waals surface area contributed by atoms with Crippen molar-refractivity contribution in [1.82, 2.24) is 20.2 Å². The van der Waals surface area contributed by atoms with Crippen molar-refractivity contribution in [1.29, 1.82) is 0 Å². The van der Waals surface area contributed by atoms with E-state index >= 15 is 0 Å². The van der Waals surface area contributed by atoms with Crippen molar-refractivity contribution in [2.75, 3.05) is 19.8 Å². The summed E-state index contributed by atoms with van der Waals surface area (Å²) in [5.41, 5.74) is 3.04. The Morgan fingerprint density at radius 3 is 2.52 bits per heavy atom. The molecule has 0 aliphatic carbocycles. The molecular formula is C21H26N4O4. The van der Waals surface area contributed by atoms with Crippen LogP contribution in [0.25, 0.3) is 11.4 Å². The van der Waals surface area contributed by atoms with Gasteiger partial charge in [0.2, 0.25) is 11.6 Å². The minimum atomic E-state index is -0.761. The van der Waals surface area contributed by atoms with Crippen LogP contribution in [0.1, 0.15) is 36.0 Å². The summed E-state index contributed by atoms with van der Waals surface area (Å²) < 4.78 is 23.2. The number of furan rings is 1. The minimum Gasteiger partial charge on any atom is -0.493 e. The molecule has 3 aromatic rings.